The molecule has 1 aromatic carbocycles. The fourth-order valence-electron chi connectivity index (χ4n) is 3.22. The highest BCUT2D eigenvalue weighted by Crippen LogP contribution is 2.38. The fourth-order valence-corrected chi connectivity index (χ4v) is 4.53. The molecule has 3 rings (SSSR count). The Kier molecular flexibility index (Phi) is 6.62. The van der Waals surface area contributed by atoms with Crippen LogP contribution in [-0.4, -0.2) is 35.9 Å². The summed E-state index contributed by atoms with van der Waals surface area (Å²) in [6.45, 7) is -0.403. The molecule has 30 heavy (non-hydrogen) atoms. The first kappa shape index (κ1) is 21.2. The smallest absolute Gasteiger partial charge is 0.308 e. The van der Waals surface area contributed by atoms with Crippen LogP contribution >= 0.6 is 11.3 Å². The average Bonchev–Trinajstić information content (AvgIpc) is 3.27. The minimum Gasteiger partial charge on any atom is -0.456 e. The van der Waals surface area contributed by atoms with E-state index in [1.165, 1.54) is 23.5 Å². The molecule has 4 N–H and O–H groups in total. The number of carbonyl (C=O) groups excluding carboxylic acids is 3. The Morgan fingerprint density at radius 3 is 2.73 bits per heavy atom. The number of carbonyl (C=O) groups is 3. The van der Waals surface area contributed by atoms with E-state index < -0.39 is 29.3 Å². The van der Waals surface area contributed by atoms with Gasteiger partial charge in [0, 0.05) is 17.5 Å². The van der Waals surface area contributed by atoms with Crippen molar-refractivity contribution in [3.05, 3.63) is 50.4 Å². The number of amides is 2. The highest BCUT2D eigenvalue weighted by molar-refractivity contribution is 7.17. The molecule has 1 heterocycles. The Bertz CT molecular complexity index is 1000. The number of fused-ring (bicyclic) bond motifs is 1. The summed E-state index contributed by atoms with van der Waals surface area (Å²) >= 11 is 1.32. The van der Waals surface area contributed by atoms with Crippen molar-refractivity contribution in [2.24, 2.45) is 5.73 Å². The van der Waals surface area contributed by atoms with E-state index in [-0.39, 0.29) is 24.3 Å². The first-order valence-corrected chi connectivity index (χ1v) is 10.1. The molecule has 1 aromatic heterocycles. The minimum absolute atomic E-state index is 0.0842. The van der Waals surface area contributed by atoms with E-state index in [1.54, 1.807) is 12.1 Å². The van der Waals surface area contributed by atoms with Gasteiger partial charge in [0.1, 0.15) is 10.7 Å². The molecule has 0 fully saturated rings. The Morgan fingerprint density at radius 2 is 2.00 bits per heavy atom. The maximum Gasteiger partial charge on any atom is 0.308 e. The highest BCUT2D eigenvalue weighted by Gasteiger charge is 2.26. The van der Waals surface area contributed by atoms with Gasteiger partial charge in [-0.2, -0.15) is 0 Å². The monoisotopic (exact) mass is 432 g/mol. The maximum absolute atomic E-state index is 12.1. The summed E-state index contributed by atoms with van der Waals surface area (Å²) in [6.07, 6.45) is 2.46. The van der Waals surface area contributed by atoms with Crippen molar-refractivity contribution >= 4 is 45.5 Å². The van der Waals surface area contributed by atoms with Crippen LogP contribution in [0, 0.1) is 10.1 Å². The van der Waals surface area contributed by atoms with E-state index in [4.69, 9.17) is 10.5 Å². The first-order valence-electron chi connectivity index (χ1n) is 9.24. The third-order valence-corrected chi connectivity index (χ3v) is 5.74. The number of nitrogens with two attached hydrogens (primary N) is 1. The number of ether oxygens (including phenoxy) is 1. The van der Waals surface area contributed by atoms with E-state index in [9.17, 15) is 24.5 Å². The second-order valence-electron chi connectivity index (χ2n) is 6.59. The lowest BCUT2D eigenvalue weighted by Gasteiger charge is -2.08. The van der Waals surface area contributed by atoms with Gasteiger partial charge in [-0.3, -0.25) is 24.5 Å². The molecule has 0 saturated heterocycles. The molecule has 0 unspecified atom stereocenters. The van der Waals surface area contributed by atoms with Crippen LogP contribution in [0.1, 0.15) is 33.6 Å². The zero-order chi connectivity index (χ0) is 21.7. The van der Waals surface area contributed by atoms with Crippen molar-refractivity contribution in [3.63, 3.8) is 0 Å². The molecular weight excluding hydrogens is 412 g/mol. The molecule has 2 amide bonds. The standard InChI is InChI=1S/C19H20N4O6S/c20-18(26)17-11-4-3-7-14(11)30-19(17)22-15(24)10-29-16(25)8-9-21-12-5-1-2-6-13(12)23(27)28/h1-2,5-6,21H,3-4,7-10H2,(H2,20,26)(H,22,24). The molecule has 0 atom stereocenters. The van der Waals surface area contributed by atoms with Crippen LogP contribution in [0.2, 0.25) is 0 Å². The van der Waals surface area contributed by atoms with Crippen LogP contribution in [-0.2, 0) is 27.2 Å². The van der Waals surface area contributed by atoms with Gasteiger partial charge >= 0.3 is 5.97 Å². The number of esters is 1. The predicted octanol–water partition coefficient (Wildman–Crippen LogP) is 2.23. The van der Waals surface area contributed by atoms with E-state index in [2.05, 4.69) is 10.6 Å². The fraction of sp³-hybridized carbons (Fsp3) is 0.316. The Balaban J connectivity index is 1.46. The number of nitro groups is 1. The lowest BCUT2D eigenvalue weighted by molar-refractivity contribution is -0.384. The summed E-state index contributed by atoms with van der Waals surface area (Å²) in [7, 11) is 0. The molecule has 0 radical (unpaired) electrons. The van der Waals surface area contributed by atoms with Gasteiger partial charge in [-0.05, 0) is 30.9 Å². The van der Waals surface area contributed by atoms with Crippen molar-refractivity contribution in [3.8, 4) is 0 Å². The topological polar surface area (TPSA) is 154 Å². The number of primary amides is 1. The van der Waals surface area contributed by atoms with Gasteiger partial charge in [-0.15, -0.1) is 11.3 Å². The number of aryl methyl sites for hydroxylation is 1. The number of benzene rings is 1. The zero-order valence-corrected chi connectivity index (χ0v) is 16.8. The molecular formula is C19H20N4O6S. The Morgan fingerprint density at radius 1 is 1.23 bits per heavy atom. The zero-order valence-electron chi connectivity index (χ0n) is 15.9. The van der Waals surface area contributed by atoms with E-state index >= 15 is 0 Å². The van der Waals surface area contributed by atoms with Crippen LogP contribution in [0.25, 0.3) is 0 Å². The summed E-state index contributed by atoms with van der Waals surface area (Å²) in [5.41, 5.74) is 6.86. The Labute approximate surface area is 175 Å². The molecule has 11 heteroatoms. The van der Waals surface area contributed by atoms with E-state index in [0.29, 0.717) is 10.6 Å². The highest BCUT2D eigenvalue weighted by atomic mass is 32.1. The number of para-hydroxylation sites is 2. The van der Waals surface area contributed by atoms with Crippen LogP contribution in [0.3, 0.4) is 0 Å². The van der Waals surface area contributed by atoms with Gasteiger partial charge < -0.3 is 21.1 Å². The summed E-state index contributed by atoms with van der Waals surface area (Å²) in [5, 5.41) is 16.7. The summed E-state index contributed by atoms with van der Waals surface area (Å²) < 4.78 is 4.93. The quantitative estimate of drug-likeness (QED) is 0.312. The number of hydrogen-bond acceptors (Lipinski definition) is 8. The van der Waals surface area contributed by atoms with Gasteiger partial charge in [0.15, 0.2) is 6.61 Å². The van der Waals surface area contributed by atoms with Gasteiger partial charge in [-0.25, -0.2) is 0 Å². The summed E-state index contributed by atoms with van der Waals surface area (Å²) in [4.78, 5) is 47.2. The summed E-state index contributed by atoms with van der Waals surface area (Å²) in [5.74, 6) is -1.81. The van der Waals surface area contributed by atoms with Gasteiger partial charge in [0.2, 0.25) is 0 Å². The lowest BCUT2D eigenvalue weighted by Crippen LogP contribution is -2.23. The molecule has 2 aromatic rings. The molecule has 1 aliphatic carbocycles. The van der Waals surface area contributed by atoms with Crippen molar-refractivity contribution in [2.45, 2.75) is 25.7 Å². The third kappa shape index (κ3) is 4.92. The van der Waals surface area contributed by atoms with Crippen LogP contribution in [0.4, 0.5) is 16.4 Å². The summed E-state index contributed by atoms with van der Waals surface area (Å²) in [6, 6.07) is 6.07. The number of nitrogens with zero attached hydrogens (tertiary/aromatic N) is 1. The average molecular weight is 432 g/mol. The SMILES string of the molecule is NC(=O)c1c(NC(=O)COC(=O)CCNc2ccccc2[N+](=O)[O-])sc2c1CCC2. The number of nitro benzene ring substituents is 1. The normalized spacial score (nSPS) is 12.1. The number of rotatable bonds is 9. The lowest BCUT2D eigenvalue weighted by atomic mass is 10.1. The van der Waals surface area contributed by atoms with E-state index in [1.807, 2.05) is 0 Å². The van der Waals surface area contributed by atoms with Gasteiger partial charge in [0.05, 0.1) is 16.9 Å². The molecule has 0 aliphatic heterocycles. The largest absolute Gasteiger partial charge is 0.456 e. The molecule has 0 spiro atoms. The molecule has 158 valence electrons. The van der Waals surface area contributed by atoms with Gasteiger partial charge in [-0.1, -0.05) is 12.1 Å². The number of anilines is 2. The maximum atomic E-state index is 12.1. The number of nitrogens with one attached hydrogen (secondary N) is 2. The minimum atomic E-state index is -0.639. The van der Waals surface area contributed by atoms with Crippen molar-refractivity contribution < 1.29 is 24.0 Å². The van der Waals surface area contributed by atoms with Crippen molar-refractivity contribution in [1.29, 1.82) is 0 Å². The van der Waals surface area contributed by atoms with Crippen molar-refractivity contribution in [2.75, 3.05) is 23.8 Å². The van der Waals surface area contributed by atoms with Crippen LogP contribution in [0.5, 0.6) is 0 Å². The van der Waals surface area contributed by atoms with Crippen LogP contribution in [0.15, 0.2) is 24.3 Å². The van der Waals surface area contributed by atoms with Crippen molar-refractivity contribution in [1.82, 2.24) is 0 Å². The molecule has 1 aliphatic rings. The van der Waals surface area contributed by atoms with Crippen LogP contribution < -0.4 is 16.4 Å². The molecule has 0 saturated carbocycles. The Hall–Kier alpha value is -3.47. The molecule has 0 bridgehead atoms. The third-order valence-electron chi connectivity index (χ3n) is 4.53. The second kappa shape index (κ2) is 9.35. The molecule has 10 nitrogen and oxygen atoms in total. The number of thiophene rings is 1. The van der Waals surface area contributed by atoms with E-state index in [0.717, 1.165) is 29.7 Å². The number of hydrogen-bond donors (Lipinski definition) is 3. The first-order chi connectivity index (χ1) is 14.4. The van der Waals surface area contributed by atoms with Gasteiger partial charge in [0.25, 0.3) is 17.5 Å². The predicted molar refractivity (Wildman–Crippen MR) is 111 cm³/mol. The second-order valence-corrected chi connectivity index (χ2v) is 7.69.